The number of rotatable bonds is 7. The third-order valence-corrected chi connectivity index (χ3v) is 4.77. The first kappa shape index (κ1) is 21.1. The quantitative estimate of drug-likeness (QED) is 0.592. The number of fused-ring (bicyclic) bond motifs is 1. The van der Waals surface area contributed by atoms with Crippen LogP contribution >= 0.6 is 0 Å². The van der Waals surface area contributed by atoms with E-state index in [4.69, 9.17) is 14.2 Å². The lowest BCUT2D eigenvalue weighted by Crippen LogP contribution is -2.32. The molecule has 0 fully saturated rings. The monoisotopic (exact) mass is 413 g/mol. The molecule has 1 aromatic carbocycles. The van der Waals surface area contributed by atoms with Gasteiger partial charge in [0.25, 0.3) is 5.56 Å². The van der Waals surface area contributed by atoms with Crippen molar-refractivity contribution in [3.8, 4) is 22.8 Å². The van der Waals surface area contributed by atoms with E-state index >= 15 is 0 Å². The van der Waals surface area contributed by atoms with E-state index in [0.717, 1.165) is 6.42 Å². The summed E-state index contributed by atoms with van der Waals surface area (Å²) in [5, 5.41) is 0.0155. The molecular formula is C21H23N3O6. The number of carbonyl (C=O) groups is 1. The third-order valence-electron chi connectivity index (χ3n) is 4.77. The molecule has 3 aromatic rings. The summed E-state index contributed by atoms with van der Waals surface area (Å²) in [4.78, 5) is 44.3. The highest BCUT2D eigenvalue weighted by Gasteiger charge is 2.21. The van der Waals surface area contributed by atoms with Crippen molar-refractivity contribution in [3.63, 3.8) is 0 Å². The summed E-state index contributed by atoms with van der Waals surface area (Å²) in [6.07, 6.45) is 1.54. The van der Waals surface area contributed by atoms with Gasteiger partial charge in [-0.15, -0.1) is 0 Å². The molecule has 2 aromatic heterocycles. The smallest absolute Gasteiger partial charge is 0.338 e. The Bertz CT molecular complexity index is 1210. The summed E-state index contributed by atoms with van der Waals surface area (Å²) in [5.41, 5.74) is -0.0968. The van der Waals surface area contributed by atoms with E-state index < -0.39 is 17.2 Å². The van der Waals surface area contributed by atoms with Gasteiger partial charge in [0.05, 0.1) is 38.0 Å². The molecule has 0 bridgehead atoms. The van der Waals surface area contributed by atoms with Crippen LogP contribution in [0.1, 0.15) is 30.1 Å². The van der Waals surface area contributed by atoms with Crippen LogP contribution in [0.3, 0.4) is 0 Å². The molecule has 30 heavy (non-hydrogen) atoms. The van der Waals surface area contributed by atoms with Crippen LogP contribution in [0.15, 0.2) is 33.9 Å². The molecule has 1 N–H and O–H groups in total. The zero-order chi connectivity index (χ0) is 21.8. The van der Waals surface area contributed by atoms with Gasteiger partial charge in [0.2, 0.25) is 0 Å². The van der Waals surface area contributed by atoms with Crippen molar-refractivity contribution in [2.24, 2.45) is 0 Å². The summed E-state index contributed by atoms with van der Waals surface area (Å²) in [6, 6.07) is 6.63. The number of aromatic amines is 1. The molecule has 0 aliphatic carbocycles. The Kier molecular flexibility index (Phi) is 6.20. The van der Waals surface area contributed by atoms with Crippen LogP contribution in [0, 0.1) is 0 Å². The first-order valence-electron chi connectivity index (χ1n) is 9.43. The van der Waals surface area contributed by atoms with E-state index in [1.165, 1.54) is 32.0 Å². The highest BCUT2D eigenvalue weighted by atomic mass is 16.5. The summed E-state index contributed by atoms with van der Waals surface area (Å²) >= 11 is 0. The number of unbranched alkanes of at least 4 members (excludes halogenated alkanes) is 1. The average molecular weight is 413 g/mol. The molecule has 3 rings (SSSR count). The van der Waals surface area contributed by atoms with Gasteiger partial charge in [0, 0.05) is 12.1 Å². The Labute approximate surface area is 172 Å². The van der Waals surface area contributed by atoms with E-state index in [0.29, 0.717) is 35.7 Å². The predicted molar refractivity (Wildman–Crippen MR) is 111 cm³/mol. The maximum Gasteiger partial charge on any atom is 0.338 e. The van der Waals surface area contributed by atoms with E-state index in [1.807, 2.05) is 6.92 Å². The second-order valence-corrected chi connectivity index (χ2v) is 6.58. The number of methoxy groups -OCH3 is 3. The summed E-state index contributed by atoms with van der Waals surface area (Å²) in [5.74, 6) is 0.313. The molecule has 2 heterocycles. The van der Waals surface area contributed by atoms with E-state index in [-0.39, 0.29) is 16.6 Å². The standard InChI is InChI=1S/C21H23N3O6/c1-5-6-9-24-18-17(19(25)23-21(24)27)13(20(26)30-4)11-14(22-18)12-7-8-15(28-2)16(10-12)29-3/h7-8,10-11H,5-6,9H2,1-4H3,(H,23,25,27). The normalized spacial score (nSPS) is 10.8. The molecule has 0 amide bonds. The number of benzene rings is 1. The lowest BCUT2D eigenvalue weighted by Gasteiger charge is -2.14. The largest absolute Gasteiger partial charge is 0.493 e. The van der Waals surface area contributed by atoms with Crippen LogP contribution < -0.4 is 20.7 Å². The SMILES string of the molecule is CCCCn1c(=O)[nH]c(=O)c2c(C(=O)OC)cc(-c3ccc(OC)c(OC)c3)nc21. The molecule has 0 spiro atoms. The van der Waals surface area contributed by atoms with Crippen LogP contribution in [0.25, 0.3) is 22.3 Å². The lowest BCUT2D eigenvalue weighted by molar-refractivity contribution is 0.0603. The maximum absolute atomic E-state index is 12.5. The van der Waals surface area contributed by atoms with Crippen LogP contribution in [-0.4, -0.2) is 41.8 Å². The minimum Gasteiger partial charge on any atom is -0.493 e. The summed E-state index contributed by atoms with van der Waals surface area (Å²) in [6.45, 7) is 2.34. The van der Waals surface area contributed by atoms with Gasteiger partial charge < -0.3 is 14.2 Å². The van der Waals surface area contributed by atoms with Gasteiger partial charge in [0.1, 0.15) is 0 Å². The highest BCUT2D eigenvalue weighted by molar-refractivity contribution is 6.03. The Morgan fingerprint density at radius 1 is 1.10 bits per heavy atom. The first-order valence-corrected chi connectivity index (χ1v) is 9.43. The molecule has 9 nitrogen and oxygen atoms in total. The van der Waals surface area contributed by atoms with Crippen molar-refractivity contribution in [2.75, 3.05) is 21.3 Å². The number of carbonyl (C=O) groups excluding carboxylic acids is 1. The fourth-order valence-electron chi connectivity index (χ4n) is 3.21. The van der Waals surface area contributed by atoms with Gasteiger partial charge in [-0.1, -0.05) is 13.3 Å². The molecule has 0 atom stereocenters. The zero-order valence-electron chi connectivity index (χ0n) is 17.3. The number of H-pyrrole nitrogens is 1. The summed E-state index contributed by atoms with van der Waals surface area (Å²) < 4.78 is 16.8. The van der Waals surface area contributed by atoms with Crippen molar-refractivity contribution in [1.82, 2.24) is 14.5 Å². The minimum absolute atomic E-state index is 0.0155. The van der Waals surface area contributed by atoms with Gasteiger partial charge in [-0.25, -0.2) is 14.6 Å². The van der Waals surface area contributed by atoms with Crippen molar-refractivity contribution in [3.05, 3.63) is 50.7 Å². The van der Waals surface area contributed by atoms with Gasteiger partial charge in [-0.05, 0) is 30.7 Å². The van der Waals surface area contributed by atoms with Crippen molar-refractivity contribution in [1.29, 1.82) is 0 Å². The van der Waals surface area contributed by atoms with Crippen LogP contribution in [0.4, 0.5) is 0 Å². The third kappa shape index (κ3) is 3.78. The minimum atomic E-state index is -0.699. The second kappa shape index (κ2) is 8.81. The number of hydrogen-bond acceptors (Lipinski definition) is 7. The topological polar surface area (TPSA) is 113 Å². The van der Waals surface area contributed by atoms with Crippen molar-refractivity contribution in [2.45, 2.75) is 26.3 Å². The fourth-order valence-corrected chi connectivity index (χ4v) is 3.21. The Morgan fingerprint density at radius 3 is 2.47 bits per heavy atom. The maximum atomic E-state index is 12.5. The number of esters is 1. The zero-order valence-corrected chi connectivity index (χ0v) is 17.3. The molecule has 0 aliphatic heterocycles. The molecule has 0 unspecified atom stereocenters. The van der Waals surface area contributed by atoms with Crippen LogP contribution in [-0.2, 0) is 11.3 Å². The van der Waals surface area contributed by atoms with Gasteiger partial charge in [0.15, 0.2) is 17.1 Å². The van der Waals surface area contributed by atoms with Gasteiger partial charge in [-0.3, -0.25) is 14.3 Å². The van der Waals surface area contributed by atoms with Crippen LogP contribution in [0.2, 0.25) is 0 Å². The first-order chi connectivity index (χ1) is 14.4. The number of aryl methyl sites for hydroxylation is 1. The number of ether oxygens (including phenoxy) is 3. The van der Waals surface area contributed by atoms with Crippen molar-refractivity contribution < 1.29 is 19.0 Å². The molecule has 0 radical (unpaired) electrons. The summed E-state index contributed by atoms with van der Waals surface area (Å²) in [7, 11) is 4.27. The Balaban J connectivity index is 2.38. The Hall–Kier alpha value is -3.62. The number of nitrogens with one attached hydrogen (secondary N) is 1. The lowest BCUT2D eigenvalue weighted by atomic mass is 10.1. The van der Waals surface area contributed by atoms with E-state index in [9.17, 15) is 14.4 Å². The Morgan fingerprint density at radius 2 is 1.83 bits per heavy atom. The van der Waals surface area contributed by atoms with E-state index in [1.54, 1.807) is 18.2 Å². The molecule has 9 heteroatoms. The number of aromatic nitrogens is 3. The number of hydrogen-bond donors (Lipinski definition) is 1. The van der Waals surface area contributed by atoms with Crippen molar-refractivity contribution >= 4 is 17.0 Å². The highest BCUT2D eigenvalue weighted by Crippen LogP contribution is 2.32. The van der Waals surface area contributed by atoms with Gasteiger partial charge >= 0.3 is 11.7 Å². The predicted octanol–water partition coefficient (Wildman–Crippen LogP) is 2.36. The molecule has 158 valence electrons. The van der Waals surface area contributed by atoms with Crippen LogP contribution in [0.5, 0.6) is 11.5 Å². The van der Waals surface area contributed by atoms with E-state index in [2.05, 4.69) is 9.97 Å². The number of pyridine rings is 1. The molecular weight excluding hydrogens is 390 g/mol. The number of nitrogens with zero attached hydrogens (tertiary/aromatic N) is 2. The average Bonchev–Trinajstić information content (AvgIpc) is 2.76. The molecule has 0 saturated carbocycles. The van der Waals surface area contributed by atoms with Gasteiger partial charge in [-0.2, -0.15) is 0 Å². The molecule has 0 aliphatic rings. The second-order valence-electron chi connectivity index (χ2n) is 6.58. The fraction of sp³-hybridized carbons (Fsp3) is 0.333. The molecule has 0 saturated heterocycles.